The summed E-state index contributed by atoms with van der Waals surface area (Å²) in [5, 5.41) is 15.5. The second-order valence-corrected chi connectivity index (χ2v) is 5.61. The van der Waals surface area contributed by atoms with Crippen LogP contribution in [0.2, 0.25) is 0 Å². The van der Waals surface area contributed by atoms with Crippen molar-refractivity contribution in [2.24, 2.45) is 0 Å². The van der Waals surface area contributed by atoms with Crippen molar-refractivity contribution in [2.75, 3.05) is 32.8 Å². The summed E-state index contributed by atoms with van der Waals surface area (Å²) in [5.41, 5.74) is 1.81. The van der Waals surface area contributed by atoms with Gasteiger partial charge in [0.15, 0.2) is 0 Å². The predicted octanol–water partition coefficient (Wildman–Crippen LogP) is 1.82. The summed E-state index contributed by atoms with van der Waals surface area (Å²) in [7, 11) is 0. The molecule has 0 atom stereocenters. The minimum Gasteiger partial charge on any atom is -0.379 e. The summed E-state index contributed by atoms with van der Waals surface area (Å²) in [5.74, 6) is 0. The zero-order valence-corrected chi connectivity index (χ0v) is 12.0. The monoisotopic (exact) mass is 288 g/mol. The van der Waals surface area contributed by atoms with Crippen molar-refractivity contribution in [2.45, 2.75) is 6.54 Å². The van der Waals surface area contributed by atoms with Gasteiger partial charge in [-0.25, -0.2) is 0 Å². The molecule has 5 nitrogen and oxygen atoms in total. The fraction of sp³-hybridized carbons (Fsp3) is 0.429. The van der Waals surface area contributed by atoms with Crippen LogP contribution in [0, 0.1) is 11.3 Å². The first-order valence-electron chi connectivity index (χ1n) is 6.68. The molecule has 2 aromatic rings. The van der Waals surface area contributed by atoms with Crippen molar-refractivity contribution in [1.29, 1.82) is 5.26 Å². The van der Waals surface area contributed by atoms with Crippen molar-refractivity contribution in [3.8, 4) is 17.3 Å². The summed E-state index contributed by atoms with van der Waals surface area (Å²) in [6, 6.07) is 6.14. The number of nitriles is 1. The fourth-order valence-electron chi connectivity index (χ4n) is 2.30. The minimum atomic E-state index is 0.725. The first-order valence-corrected chi connectivity index (χ1v) is 7.56. The van der Waals surface area contributed by atoms with E-state index in [9.17, 15) is 0 Å². The maximum absolute atomic E-state index is 9.06. The Morgan fingerprint density at radius 2 is 2.15 bits per heavy atom. The number of morpholine rings is 1. The van der Waals surface area contributed by atoms with Crippen LogP contribution in [0.15, 0.2) is 23.7 Å². The second-order valence-electron chi connectivity index (χ2n) is 4.69. The molecule has 0 unspecified atom stereocenters. The Labute approximate surface area is 122 Å². The molecular weight excluding hydrogens is 272 g/mol. The third-order valence-electron chi connectivity index (χ3n) is 3.43. The summed E-state index contributed by atoms with van der Waals surface area (Å²) in [6.45, 7) is 5.50. The van der Waals surface area contributed by atoms with Gasteiger partial charge in [0.05, 0.1) is 25.5 Å². The van der Waals surface area contributed by atoms with Gasteiger partial charge in [0, 0.05) is 31.4 Å². The van der Waals surface area contributed by atoms with Crippen LogP contribution in [-0.4, -0.2) is 47.5 Å². The van der Waals surface area contributed by atoms with Gasteiger partial charge >= 0.3 is 0 Å². The largest absolute Gasteiger partial charge is 0.379 e. The van der Waals surface area contributed by atoms with E-state index in [1.807, 2.05) is 28.4 Å². The normalized spacial score (nSPS) is 16.1. The van der Waals surface area contributed by atoms with Crippen LogP contribution in [0.3, 0.4) is 0 Å². The lowest BCUT2D eigenvalue weighted by molar-refractivity contribution is 0.0360. The molecule has 104 valence electrons. The van der Waals surface area contributed by atoms with Crippen LogP contribution in [0.25, 0.3) is 11.3 Å². The Hall–Kier alpha value is -1.68. The Balaban J connectivity index is 1.63. The number of ether oxygens (including phenoxy) is 1. The highest BCUT2D eigenvalue weighted by Gasteiger charge is 2.12. The maximum Gasteiger partial charge on any atom is 0.114 e. The first-order chi connectivity index (χ1) is 9.86. The second kappa shape index (κ2) is 6.18. The zero-order valence-electron chi connectivity index (χ0n) is 11.2. The zero-order chi connectivity index (χ0) is 13.8. The van der Waals surface area contributed by atoms with E-state index < -0.39 is 0 Å². The molecule has 0 aromatic carbocycles. The lowest BCUT2D eigenvalue weighted by atomic mass is 10.2. The van der Waals surface area contributed by atoms with E-state index in [0.717, 1.165) is 55.5 Å². The molecule has 0 N–H and O–H groups in total. The summed E-state index contributed by atoms with van der Waals surface area (Å²) in [6.07, 6.45) is 1.98. The molecule has 1 aliphatic rings. The van der Waals surface area contributed by atoms with Crippen LogP contribution < -0.4 is 0 Å². The first kappa shape index (κ1) is 13.3. The summed E-state index contributed by atoms with van der Waals surface area (Å²) in [4.78, 5) is 3.11. The molecule has 0 aliphatic carbocycles. The highest BCUT2D eigenvalue weighted by molar-refractivity contribution is 7.11. The molecule has 1 saturated heterocycles. The molecule has 3 rings (SSSR count). The number of nitrogens with zero attached hydrogens (tertiary/aromatic N) is 4. The molecule has 20 heavy (non-hydrogen) atoms. The standard InChI is InChI=1S/C14H16N4OS/c15-11-14-12(2-10-20-14)13-1-3-18(16-13)5-4-17-6-8-19-9-7-17/h1-3,10H,4-9H2. The van der Waals surface area contributed by atoms with Gasteiger partial charge in [-0.1, -0.05) is 0 Å². The molecule has 0 bridgehead atoms. The van der Waals surface area contributed by atoms with Gasteiger partial charge < -0.3 is 4.74 Å². The van der Waals surface area contributed by atoms with Gasteiger partial charge in [0.2, 0.25) is 0 Å². The molecular formula is C14H16N4OS. The number of hydrogen-bond donors (Lipinski definition) is 0. The molecule has 1 aliphatic heterocycles. The van der Waals surface area contributed by atoms with Gasteiger partial charge in [0.25, 0.3) is 0 Å². The summed E-state index contributed by atoms with van der Waals surface area (Å²) < 4.78 is 7.28. The highest BCUT2D eigenvalue weighted by atomic mass is 32.1. The molecule has 0 amide bonds. The van der Waals surface area contributed by atoms with Crippen LogP contribution in [0.5, 0.6) is 0 Å². The SMILES string of the molecule is N#Cc1sccc1-c1ccn(CCN2CCOCC2)n1. The van der Waals surface area contributed by atoms with Gasteiger partial charge in [0.1, 0.15) is 10.9 Å². The number of rotatable bonds is 4. The van der Waals surface area contributed by atoms with E-state index in [-0.39, 0.29) is 0 Å². The Kier molecular flexibility index (Phi) is 4.11. The van der Waals surface area contributed by atoms with E-state index in [1.165, 1.54) is 11.3 Å². The molecule has 3 heterocycles. The van der Waals surface area contributed by atoms with Crippen LogP contribution in [-0.2, 0) is 11.3 Å². The van der Waals surface area contributed by atoms with Gasteiger partial charge in [-0.15, -0.1) is 11.3 Å². The summed E-state index contributed by atoms with van der Waals surface area (Å²) >= 11 is 1.46. The lowest BCUT2D eigenvalue weighted by Gasteiger charge is -2.26. The molecule has 0 spiro atoms. The van der Waals surface area contributed by atoms with Crippen molar-refractivity contribution in [3.63, 3.8) is 0 Å². The highest BCUT2D eigenvalue weighted by Crippen LogP contribution is 2.25. The molecule has 0 radical (unpaired) electrons. The third-order valence-corrected chi connectivity index (χ3v) is 4.25. The van der Waals surface area contributed by atoms with Crippen molar-refractivity contribution < 1.29 is 4.74 Å². The van der Waals surface area contributed by atoms with E-state index in [2.05, 4.69) is 16.1 Å². The van der Waals surface area contributed by atoms with Crippen molar-refractivity contribution >= 4 is 11.3 Å². The van der Waals surface area contributed by atoms with Crippen molar-refractivity contribution in [1.82, 2.24) is 14.7 Å². The van der Waals surface area contributed by atoms with Gasteiger partial charge in [-0.05, 0) is 17.5 Å². The Morgan fingerprint density at radius 1 is 1.30 bits per heavy atom. The molecule has 2 aromatic heterocycles. The quantitative estimate of drug-likeness (QED) is 0.861. The van der Waals surface area contributed by atoms with Crippen LogP contribution in [0.4, 0.5) is 0 Å². The van der Waals surface area contributed by atoms with Crippen LogP contribution >= 0.6 is 11.3 Å². The average Bonchev–Trinajstić information content (AvgIpc) is 3.14. The maximum atomic E-state index is 9.06. The van der Waals surface area contributed by atoms with Crippen molar-refractivity contribution in [3.05, 3.63) is 28.6 Å². The van der Waals surface area contributed by atoms with E-state index in [0.29, 0.717) is 0 Å². The predicted molar refractivity (Wildman–Crippen MR) is 77.5 cm³/mol. The number of thiophene rings is 1. The van der Waals surface area contributed by atoms with E-state index >= 15 is 0 Å². The Morgan fingerprint density at radius 3 is 2.95 bits per heavy atom. The van der Waals surface area contributed by atoms with E-state index in [1.54, 1.807) is 0 Å². The minimum absolute atomic E-state index is 0.725. The topological polar surface area (TPSA) is 54.1 Å². The molecule has 1 fully saturated rings. The van der Waals surface area contributed by atoms with Crippen LogP contribution in [0.1, 0.15) is 4.88 Å². The Bertz CT molecular complexity index is 607. The average molecular weight is 288 g/mol. The van der Waals surface area contributed by atoms with Gasteiger partial charge in [-0.3, -0.25) is 9.58 Å². The molecule has 6 heteroatoms. The third kappa shape index (κ3) is 2.90. The number of hydrogen-bond acceptors (Lipinski definition) is 5. The molecule has 0 saturated carbocycles. The van der Waals surface area contributed by atoms with E-state index in [4.69, 9.17) is 10.00 Å². The lowest BCUT2D eigenvalue weighted by Crippen LogP contribution is -2.38. The number of aromatic nitrogens is 2. The fourth-order valence-corrected chi connectivity index (χ4v) is 2.99. The van der Waals surface area contributed by atoms with Gasteiger partial charge in [-0.2, -0.15) is 10.4 Å². The smallest absolute Gasteiger partial charge is 0.114 e.